The molecule has 1 fully saturated rings. The number of anilines is 1. The molecule has 1 aliphatic carbocycles. The van der Waals surface area contributed by atoms with Gasteiger partial charge in [-0.3, -0.25) is 14.3 Å². The number of fused-ring (bicyclic) bond motifs is 1. The van der Waals surface area contributed by atoms with Crippen LogP contribution in [0.1, 0.15) is 50.0 Å². The Kier molecular flexibility index (Phi) is 6.31. The Hall–Kier alpha value is -4.00. The number of methoxy groups -OCH3 is 1. The molecular weight excluding hydrogens is 496 g/mol. The second-order valence-electron chi connectivity index (χ2n) is 9.16. The van der Waals surface area contributed by atoms with Crippen molar-refractivity contribution in [3.8, 4) is 17.1 Å². The maximum absolute atomic E-state index is 13.4. The van der Waals surface area contributed by atoms with Gasteiger partial charge in [-0.05, 0) is 38.8 Å². The molecule has 0 aliphatic heterocycles. The second kappa shape index (κ2) is 9.47. The Labute approximate surface area is 213 Å². The number of hydrogen-bond donors (Lipinski definition) is 1. The normalized spacial score (nSPS) is 13.8. The number of sulfone groups is 1. The number of ether oxygens (including phenoxy) is 1. The topological polar surface area (TPSA) is 155 Å². The summed E-state index contributed by atoms with van der Waals surface area (Å²) in [5.41, 5.74) is 2.87. The molecule has 37 heavy (non-hydrogen) atoms. The molecule has 1 saturated carbocycles. The van der Waals surface area contributed by atoms with E-state index in [1.807, 2.05) is 13.8 Å². The molecule has 0 saturated heterocycles. The van der Waals surface area contributed by atoms with E-state index in [1.54, 1.807) is 19.4 Å². The van der Waals surface area contributed by atoms with Crippen LogP contribution in [0.5, 0.6) is 5.88 Å². The Morgan fingerprint density at radius 1 is 1.11 bits per heavy atom. The lowest BCUT2D eigenvalue weighted by Gasteiger charge is -2.16. The highest BCUT2D eigenvalue weighted by Crippen LogP contribution is 2.45. The number of rotatable bonds is 8. The maximum atomic E-state index is 13.4. The molecule has 192 valence electrons. The standard InChI is InChI=1S/C24H26N8O4S/c1-13(2)32-22-20(27-11-17(30-22)18-19(14-5-6-14)28-12-29-23(18)36-3)31-21(24(32)33)26-9-15-7-8-16(10-25-15)37(4,34)35/h7-8,10-14H,5-6,9H2,1-4H3,(H,26,27,31). The third-order valence-electron chi connectivity index (χ3n) is 6.04. The highest BCUT2D eigenvalue weighted by atomic mass is 32.2. The Morgan fingerprint density at radius 2 is 1.89 bits per heavy atom. The molecule has 0 bridgehead atoms. The zero-order valence-corrected chi connectivity index (χ0v) is 21.7. The van der Waals surface area contributed by atoms with Crippen molar-refractivity contribution in [2.75, 3.05) is 18.7 Å². The van der Waals surface area contributed by atoms with Crippen LogP contribution in [0.25, 0.3) is 22.6 Å². The molecule has 0 unspecified atom stereocenters. The zero-order valence-electron chi connectivity index (χ0n) is 20.8. The first kappa shape index (κ1) is 24.7. The van der Waals surface area contributed by atoms with Crippen molar-refractivity contribution in [2.24, 2.45) is 0 Å². The average molecular weight is 523 g/mol. The Morgan fingerprint density at radius 3 is 2.51 bits per heavy atom. The molecule has 0 atom stereocenters. The van der Waals surface area contributed by atoms with E-state index < -0.39 is 9.84 Å². The van der Waals surface area contributed by atoms with Crippen molar-refractivity contribution in [2.45, 2.75) is 50.1 Å². The number of nitrogens with one attached hydrogen (secondary N) is 1. The van der Waals surface area contributed by atoms with Crippen LogP contribution in [0.4, 0.5) is 5.82 Å². The summed E-state index contributed by atoms with van der Waals surface area (Å²) in [6.45, 7) is 3.93. The van der Waals surface area contributed by atoms with Crippen LogP contribution >= 0.6 is 0 Å². The van der Waals surface area contributed by atoms with Gasteiger partial charge in [-0.1, -0.05) is 0 Å². The summed E-state index contributed by atoms with van der Waals surface area (Å²) >= 11 is 0. The molecule has 12 nitrogen and oxygen atoms in total. The van der Waals surface area contributed by atoms with Crippen LogP contribution < -0.4 is 15.6 Å². The van der Waals surface area contributed by atoms with Crippen LogP contribution in [-0.4, -0.2) is 56.3 Å². The molecule has 0 amide bonds. The van der Waals surface area contributed by atoms with Gasteiger partial charge in [-0.15, -0.1) is 0 Å². The fourth-order valence-corrected chi connectivity index (χ4v) is 4.60. The number of aromatic nitrogens is 7. The highest BCUT2D eigenvalue weighted by molar-refractivity contribution is 7.90. The van der Waals surface area contributed by atoms with Gasteiger partial charge in [0.05, 0.1) is 47.4 Å². The van der Waals surface area contributed by atoms with E-state index in [4.69, 9.17) is 9.72 Å². The lowest BCUT2D eigenvalue weighted by molar-refractivity contribution is 0.397. The Balaban J connectivity index is 1.54. The maximum Gasteiger partial charge on any atom is 0.295 e. The van der Waals surface area contributed by atoms with Crippen LogP contribution in [0.3, 0.4) is 0 Å². The van der Waals surface area contributed by atoms with E-state index in [-0.39, 0.29) is 28.9 Å². The van der Waals surface area contributed by atoms with Crippen molar-refractivity contribution in [3.05, 3.63) is 52.6 Å². The van der Waals surface area contributed by atoms with Gasteiger partial charge in [-0.2, -0.15) is 0 Å². The number of hydrogen-bond acceptors (Lipinski definition) is 11. The number of pyridine rings is 1. The van der Waals surface area contributed by atoms with Crippen molar-refractivity contribution in [3.63, 3.8) is 0 Å². The summed E-state index contributed by atoms with van der Waals surface area (Å²) in [4.78, 5) is 40.2. The molecule has 0 spiro atoms. The van der Waals surface area contributed by atoms with Crippen LogP contribution in [-0.2, 0) is 16.4 Å². The third kappa shape index (κ3) is 4.86. The smallest absolute Gasteiger partial charge is 0.295 e. The molecule has 1 N–H and O–H groups in total. The predicted octanol–water partition coefficient (Wildman–Crippen LogP) is 2.52. The molecule has 4 aromatic heterocycles. The van der Waals surface area contributed by atoms with E-state index in [0.717, 1.165) is 24.8 Å². The molecule has 4 heterocycles. The molecule has 4 aromatic rings. The number of nitrogens with zero attached hydrogens (tertiary/aromatic N) is 7. The summed E-state index contributed by atoms with van der Waals surface area (Å²) in [6.07, 6.45) is 7.55. The summed E-state index contributed by atoms with van der Waals surface area (Å²) < 4.78 is 30.4. The third-order valence-corrected chi connectivity index (χ3v) is 7.13. The van der Waals surface area contributed by atoms with Crippen LogP contribution in [0.2, 0.25) is 0 Å². The SMILES string of the molecule is COc1ncnc(C2CC2)c1-c1cnc2nc(NCc3ccc(S(C)(=O)=O)cn3)c(=O)n(C(C)C)c2n1. The average Bonchev–Trinajstić information content (AvgIpc) is 3.72. The first-order chi connectivity index (χ1) is 17.7. The minimum Gasteiger partial charge on any atom is -0.480 e. The van der Waals surface area contributed by atoms with Crippen molar-refractivity contribution in [1.29, 1.82) is 0 Å². The van der Waals surface area contributed by atoms with Crippen LogP contribution in [0.15, 0.2) is 40.5 Å². The largest absolute Gasteiger partial charge is 0.480 e. The van der Waals surface area contributed by atoms with E-state index in [9.17, 15) is 13.2 Å². The first-order valence-corrected chi connectivity index (χ1v) is 13.6. The molecule has 0 aromatic carbocycles. The van der Waals surface area contributed by atoms with Gasteiger partial charge in [0, 0.05) is 24.4 Å². The van der Waals surface area contributed by atoms with Gasteiger partial charge < -0.3 is 10.1 Å². The minimum absolute atomic E-state index is 0.0940. The Bertz CT molecular complexity index is 1650. The van der Waals surface area contributed by atoms with E-state index >= 15 is 0 Å². The quantitative estimate of drug-likeness (QED) is 0.363. The van der Waals surface area contributed by atoms with Crippen molar-refractivity contribution < 1.29 is 13.2 Å². The fraction of sp³-hybridized carbons (Fsp3) is 0.375. The lowest BCUT2D eigenvalue weighted by Crippen LogP contribution is -2.28. The van der Waals surface area contributed by atoms with Crippen molar-refractivity contribution >= 4 is 26.9 Å². The van der Waals surface area contributed by atoms with E-state index in [1.165, 1.54) is 23.2 Å². The molecule has 1 aliphatic rings. The molecule has 0 radical (unpaired) electrons. The molecular formula is C24H26N8O4S. The van der Waals surface area contributed by atoms with Gasteiger partial charge in [0.2, 0.25) is 5.88 Å². The van der Waals surface area contributed by atoms with Gasteiger partial charge in [0.15, 0.2) is 26.9 Å². The minimum atomic E-state index is -3.34. The van der Waals surface area contributed by atoms with Gasteiger partial charge in [0.1, 0.15) is 6.33 Å². The summed E-state index contributed by atoms with van der Waals surface area (Å²) in [5, 5.41) is 3.01. The van der Waals surface area contributed by atoms with Gasteiger partial charge >= 0.3 is 0 Å². The lowest BCUT2D eigenvalue weighted by atomic mass is 10.1. The second-order valence-corrected chi connectivity index (χ2v) is 11.2. The fourth-order valence-electron chi connectivity index (χ4n) is 4.05. The van der Waals surface area contributed by atoms with Crippen LogP contribution in [0, 0.1) is 0 Å². The molecule has 5 rings (SSSR count). The first-order valence-electron chi connectivity index (χ1n) is 11.7. The summed E-state index contributed by atoms with van der Waals surface area (Å²) in [5.74, 6) is 0.822. The van der Waals surface area contributed by atoms with Gasteiger partial charge in [0.25, 0.3) is 5.56 Å². The summed E-state index contributed by atoms with van der Waals surface area (Å²) in [6, 6.07) is 2.83. The zero-order chi connectivity index (χ0) is 26.3. The van der Waals surface area contributed by atoms with E-state index in [0.29, 0.717) is 40.0 Å². The summed E-state index contributed by atoms with van der Waals surface area (Å²) in [7, 11) is -1.80. The highest BCUT2D eigenvalue weighted by Gasteiger charge is 2.31. The van der Waals surface area contributed by atoms with Crippen molar-refractivity contribution in [1.82, 2.24) is 34.5 Å². The van der Waals surface area contributed by atoms with E-state index in [2.05, 4.69) is 30.2 Å². The van der Waals surface area contributed by atoms with Gasteiger partial charge in [-0.25, -0.2) is 33.3 Å². The predicted molar refractivity (Wildman–Crippen MR) is 136 cm³/mol. The monoisotopic (exact) mass is 522 g/mol. The molecule has 13 heteroatoms.